The fraction of sp³-hybridized carbons (Fsp3) is 0.206. The fourth-order valence-corrected chi connectivity index (χ4v) is 5.04. The number of anilines is 1. The molecule has 7 nitrogen and oxygen atoms in total. The SMILES string of the molecule is CCCN(CCOc1ccc(C[C@H](Nc2ccccc2C(=O)c2ccccc2)C(=O)O)cc1)C(=O)/C=C/c1cccs1. The van der Waals surface area contributed by atoms with E-state index in [1.807, 2.05) is 48.7 Å². The van der Waals surface area contributed by atoms with Gasteiger partial charge in [-0.2, -0.15) is 0 Å². The number of ketones is 1. The summed E-state index contributed by atoms with van der Waals surface area (Å²) in [6.45, 7) is 3.46. The molecule has 0 aliphatic carbocycles. The van der Waals surface area contributed by atoms with E-state index in [1.54, 1.807) is 83.0 Å². The van der Waals surface area contributed by atoms with Crippen LogP contribution in [0, 0.1) is 0 Å². The number of rotatable bonds is 15. The first-order chi connectivity index (χ1) is 20.4. The molecule has 42 heavy (non-hydrogen) atoms. The summed E-state index contributed by atoms with van der Waals surface area (Å²) in [7, 11) is 0. The number of ether oxygens (including phenoxy) is 1. The fourth-order valence-electron chi connectivity index (χ4n) is 4.42. The van der Waals surface area contributed by atoms with Crippen molar-refractivity contribution in [2.45, 2.75) is 25.8 Å². The van der Waals surface area contributed by atoms with Gasteiger partial charge in [-0.05, 0) is 53.8 Å². The largest absolute Gasteiger partial charge is 0.492 e. The second-order valence-electron chi connectivity index (χ2n) is 9.65. The summed E-state index contributed by atoms with van der Waals surface area (Å²) in [5.41, 5.74) is 2.22. The van der Waals surface area contributed by atoms with E-state index in [0.717, 1.165) is 16.9 Å². The number of benzene rings is 3. The summed E-state index contributed by atoms with van der Waals surface area (Å²) in [5.74, 6) is -0.618. The minimum Gasteiger partial charge on any atom is -0.492 e. The van der Waals surface area contributed by atoms with E-state index in [1.165, 1.54) is 0 Å². The third-order valence-corrected chi connectivity index (χ3v) is 7.40. The van der Waals surface area contributed by atoms with Gasteiger partial charge in [0.1, 0.15) is 18.4 Å². The Hall–Kier alpha value is -4.69. The molecule has 0 spiro atoms. The predicted molar refractivity (Wildman–Crippen MR) is 167 cm³/mol. The molecule has 0 aliphatic rings. The molecule has 1 heterocycles. The van der Waals surface area contributed by atoms with Crippen LogP contribution in [-0.2, 0) is 16.0 Å². The van der Waals surface area contributed by atoms with E-state index in [9.17, 15) is 19.5 Å². The van der Waals surface area contributed by atoms with Gasteiger partial charge in [0.15, 0.2) is 5.78 Å². The molecule has 1 amide bonds. The summed E-state index contributed by atoms with van der Waals surface area (Å²) in [5, 5.41) is 15.0. The topological polar surface area (TPSA) is 95.9 Å². The Bertz CT molecular complexity index is 1480. The smallest absolute Gasteiger partial charge is 0.326 e. The molecule has 1 aromatic heterocycles. The summed E-state index contributed by atoms with van der Waals surface area (Å²) in [6, 6.07) is 26.0. The number of hydrogen-bond acceptors (Lipinski definition) is 6. The normalized spacial score (nSPS) is 11.6. The number of thiophene rings is 1. The van der Waals surface area contributed by atoms with Crippen molar-refractivity contribution in [1.82, 2.24) is 4.90 Å². The number of nitrogens with one attached hydrogen (secondary N) is 1. The number of para-hydroxylation sites is 1. The summed E-state index contributed by atoms with van der Waals surface area (Å²) in [4.78, 5) is 40.7. The minimum atomic E-state index is -1.02. The zero-order valence-electron chi connectivity index (χ0n) is 23.4. The van der Waals surface area contributed by atoms with E-state index in [0.29, 0.717) is 42.3 Å². The molecule has 0 saturated heterocycles. The lowest BCUT2D eigenvalue weighted by atomic mass is 10.00. The highest BCUT2D eigenvalue weighted by Gasteiger charge is 2.21. The van der Waals surface area contributed by atoms with Gasteiger partial charge in [-0.15, -0.1) is 11.3 Å². The van der Waals surface area contributed by atoms with Gasteiger partial charge >= 0.3 is 5.97 Å². The maximum atomic E-state index is 13.1. The van der Waals surface area contributed by atoms with Crippen LogP contribution in [0.4, 0.5) is 5.69 Å². The van der Waals surface area contributed by atoms with E-state index in [4.69, 9.17) is 4.74 Å². The number of hydrogen-bond donors (Lipinski definition) is 2. The number of carboxylic acid groups (broad SMARTS) is 1. The lowest BCUT2D eigenvalue weighted by Crippen LogP contribution is -2.34. The minimum absolute atomic E-state index is 0.0524. The first-order valence-corrected chi connectivity index (χ1v) is 14.7. The van der Waals surface area contributed by atoms with Crippen molar-refractivity contribution < 1.29 is 24.2 Å². The first kappa shape index (κ1) is 30.3. The standard InChI is InChI=1S/C34H34N2O5S/c1-2-20-36(32(37)19-18-28-11-8-23-42-28)21-22-41-27-16-14-25(15-17-27)24-31(34(39)40)35-30-13-7-6-12-29(30)33(38)26-9-4-3-5-10-26/h3-19,23,31,35H,2,20-22,24H2,1H3,(H,39,40)/b19-18+/t31-/m0/s1. The predicted octanol–water partition coefficient (Wildman–Crippen LogP) is 6.42. The third-order valence-electron chi connectivity index (χ3n) is 6.57. The molecule has 0 unspecified atom stereocenters. The molecular weight excluding hydrogens is 548 g/mol. The molecule has 216 valence electrons. The van der Waals surface area contributed by atoms with Crippen molar-refractivity contribution in [3.05, 3.63) is 124 Å². The van der Waals surface area contributed by atoms with Gasteiger partial charge in [0.2, 0.25) is 5.91 Å². The van der Waals surface area contributed by atoms with Gasteiger partial charge in [0, 0.05) is 40.7 Å². The lowest BCUT2D eigenvalue weighted by molar-refractivity contribution is -0.137. The Balaban J connectivity index is 1.34. The highest BCUT2D eigenvalue weighted by Crippen LogP contribution is 2.22. The number of carbonyl (C=O) groups excluding carboxylic acids is 2. The van der Waals surface area contributed by atoms with Crippen molar-refractivity contribution in [2.75, 3.05) is 25.0 Å². The number of aliphatic carboxylic acids is 1. The van der Waals surface area contributed by atoms with Crippen molar-refractivity contribution in [1.29, 1.82) is 0 Å². The van der Waals surface area contributed by atoms with E-state index in [-0.39, 0.29) is 18.1 Å². The zero-order valence-corrected chi connectivity index (χ0v) is 24.3. The molecule has 0 fully saturated rings. The van der Waals surface area contributed by atoms with Crippen molar-refractivity contribution in [3.8, 4) is 5.75 Å². The molecular formula is C34H34N2O5S. The molecule has 3 aromatic carbocycles. The molecule has 0 aliphatic heterocycles. The molecule has 1 atom stereocenters. The average molecular weight is 583 g/mol. The van der Waals surface area contributed by atoms with Crippen molar-refractivity contribution in [3.63, 3.8) is 0 Å². The van der Waals surface area contributed by atoms with Crippen molar-refractivity contribution in [2.24, 2.45) is 0 Å². The maximum Gasteiger partial charge on any atom is 0.326 e. The highest BCUT2D eigenvalue weighted by molar-refractivity contribution is 7.10. The molecule has 4 rings (SSSR count). The molecule has 8 heteroatoms. The van der Waals surface area contributed by atoms with E-state index in [2.05, 4.69) is 5.32 Å². The molecule has 0 radical (unpaired) electrons. The Labute approximate surface area is 250 Å². The summed E-state index contributed by atoms with van der Waals surface area (Å²) < 4.78 is 5.89. The average Bonchev–Trinajstić information content (AvgIpc) is 3.54. The third kappa shape index (κ3) is 8.65. The number of nitrogens with zero attached hydrogens (tertiary/aromatic N) is 1. The van der Waals surface area contributed by atoms with Gasteiger partial charge in [-0.25, -0.2) is 4.79 Å². The van der Waals surface area contributed by atoms with Crippen LogP contribution in [0.2, 0.25) is 0 Å². The monoisotopic (exact) mass is 582 g/mol. The van der Waals surface area contributed by atoms with Gasteiger partial charge in [0.25, 0.3) is 0 Å². The van der Waals surface area contributed by atoms with Crippen LogP contribution in [0.15, 0.2) is 102 Å². The number of carbonyl (C=O) groups is 3. The molecule has 0 bridgehead atoms. The molecule has 2 N–H and O–H groups in total. The number of amides is 1. The van der Waals surface area contributed by atoms with E-state index < -0.39 is 12.0 Å². The van der Waals surface area contributed by atoms with Gasteiger partial charge in [-0.1, -0.05) is 67.6 Å². The highest BCUT2D eigenvalue weighted by atomic mass is 32.1. The Morgan fingerprint density at radius 2 is 1.67 bits per heavy atom. The Morgan fingerprint density at radius 3 is 2.36 bits per heavy atom. The second kappa shape index (κ2) is 15.3. The zero-order chi connectivity index (χ0) is 29.7. The van der Waals surface area contributed by atoms with Crippen LogP contribution in [0.3, 0.4) is 0 Å². The van der Waals surface area contributed by atoms with Gasteiger partial charge in [0.05, 0.1) is 6.54 Å². The van der Waals surface area contributed by atoms with E-state index >= 15 is 0 Å². The summed E-state index contributed by atoms with van der Waals surface area (Å²) >= 11 is 1.58. The molecule has 0 saturated carbocycles. The number of carboxylic acids is 1. The van der Waals surface area contributed by atoms with Crippen LogP contribution in [0.5, 0.6) is 5.75 Å². The maximum absolute atomic E-state index is 13.1. The van der Waals surface area contributed by atoms with Gasteiger partial charge < -0.3 is 20.1 Å². The van der Waals surface area contributed by atoms with Crippen LogP contribution in [0.1, 0.15) is 39.7 Å². The second-order valence-corrected chi connectivity index (χ2v) is 10.6. The van der Waals surface area contributed by atoms with Gasteiger partial charge in [-0.3, -0.25) is 9.59 Å². The Morgan fingerprint density at radius 1 is 0.929 bits per heavy atom. The van der Waals surface area contributed by atoms with Crippen molar-refractivity contribution >= 4 is 40.8 Å². The van der Waals surface area contributed by atoms with Crippen LogP contribution in [-0.4, -0.2) is 53.4 Å². The Kier molecular flexibility index (Phi) is 11.1. The first-order valence-electron chi connectivity index (χ1n) is 13.8. The van der Waals surface area contributed by atoms with Crippen LogP contribution < -0.4 is 10.1 Å². The van der Waals surface area contributed by atoms with Crippen LogP contribution >= 0.6 is 11.3 Å². The van der Waals surface area contributed by atoms with Crippen LogP contribution in [0.25, 0.3) is 6.08 Å². The lowest BCUT2D eigenvalue weighted by Gasteiger charge is -2.21. The molecule has 4 aromatic rings. The quantitative estimate of drug-likeness (QED) is 0.124. The summed E-state index contributed by atoms with van der Waals surface area (Å²) in [6.07, 6.45) is 4.48.